The molecule has 0 unspecified atom stereocenters. The summed E-state index contributed by atoms with van der Waals surface area (Å²) in [5.74, 6) is 1.54. The van der Waals surface area contributed by atoms with Crippen molar-refractivity contribution in [3.05, 3.63) is 430 Å². The lowest BCUT2D eigenvalue weighted by atomic mass is 10.0. The first-order valence-electron chi connectivity index (χ1n) is 46.4. The predicted molar refractivity (Wildman–Crippen MR) is 598 cm³/mol. The second kappa shape index (κ2) is 52.8. The van der Waals surface area contributed by atoms with Gasteiger partial charge in [-0.25, -0.2) is 0 Å². The normalized spacial score (nSPS) is 11.2. The fourth-order valence-electron chi connectivity index (χ4n) is 15.4. The zero-order valence-corrected chi connectivity index (χ0v) is 89.0. The molecule has 41 heteroatoms. The molecule has 2 aliphatic rings. The first-order valence-corrected chi connectivity index (χ1v) is 51.1. The molecule has 0 bridgehead atoms. The Morgan fingerprint density at radius 1 is 0.367 bits per heavy atom. The fourth-order valence-corrected chi connectivity index (χ4v) is 18.4. The van der Waals surface area contributed by atoms with E-state index in [4.69, 9.17) is 8.83 Å². The molecule has 2 aliphatic heterocycles. The highest BCUT2D eigenvalue weighted by Gasteiger charge is 2.18. The number of aromatic amines is 8. The maximum absolute atomic E-state index is 9.63. The third kappa shape index (κ3) is 29.0. The molecule has 23 aromatic rings. The molecule has 35 nitrogen and oxygen atoms in total. The number of phenolic OH excluding ortho intramolecular Hbond substituents is 3. The Hall–Kier alpha value is -17.1. The molecule has 0 radical (unpaired) electrons. The number of phenols is 3. The van der Waals surface area contributed by atoms with Gasteiger partial charge in [0.1, 0.15) is 68.6 Å². The van der Waals surface area contributed by atoms with E-state index in [0.29, 0.717) is 46.1 Å². The second-order valence-corrected chi connectivity index (χ2v) is 38.0. The predicted octanol–water partition coefficient (Wildman–Crippen LogP) is 25.9. The van der Waals surface area contributed by atoms with Gasteiger partial charge in [0.15, 0.2) is 4.60 Å². The smallest absolute Gasteiger partial charge is 0.157 e. The number of hydrogen-bond donors (Lipinski definition) is 13. The van der Waals surface area contributed by atoms with Crippen LogP contribution < -0.4 is 10.6 Å². The minimum Gasteiger partial charge on any atom is -0.507 e. The van der Waals surface area contributed by atoms with Crippen LogP contribution in [0.1, 0.15) is 55.8 Å². The van der Waals surface area contributed by atoms with E-state index in [1.54, 1.807) is 98.7 Å². The van der Waals surface area contributed by atoms with Gasteiger partial charge in [-0.3, -0.25) is 9.98 Å². The van der Waals surface area contributed by atoms with Crippen molar-refractivity contribution in [3.63, 3.8) is 0 Å². The highest BCUT2D eigenvalue weighted by molar-refractivity contribution is 9.11. The Labute approximate surface area is 907 Å². The van der Waals surface area contributed by atoms with Gasteiger partial charge in [-0.1, -0.05) is 186 Å². The Balaban J connectivity index is 0.000000116. The van der Waals surface area contributed by atoms with Crippen molar-refractivity contribution in [2.24, 2.45) is 15.2 Å². The average molecular weight is 2380 g/mol. The molecule has 13 heterocycles. The number of halogens is 6. The largest absolute Gasteiger partial charge is 0.507 e. The van der Waals surface area contributed by atoms with E-state index in [0.717, 1.165) is 146 Å². The SMILES string of the molecule is C1=C(c2cccc(NCc3ccc4ccccc4c3)c2)CN=N1.C1=NCc2c1cccc2-c1cn[nH]n1.Cc1ccnc(-c2n[nH]nc2Br)c1.Oc1c(Br)ccc(-c2cn[nH]n2)c1Br.Oc1cc(-c2cn[nH]n2)c(Br)cc1Br.Oc1cc(-c2cn[nH]n2)ccc1Br.c1cc(CCc2ccco2)cc(-c2cn[nH]n2)c1.c1cc(CCc2ccoc2)cc(-c2cn[nH]n2)c1.c1cc(NCc2cccc3ccccc23)cc(-c2cn[nH]n2)c1. The van der Waals surface area contributed by atoms with Gasteiger partial charge in [-0.05, 0) is 281 Å². The van der Waals surface area contributed by atoms with Crippen molar-refractivity contribution in [1.82, 2.24) is 128 Å². The van der Waals surface area contributed by atoms with Crippen LogP contribution in [-0.2, 0) is 45.3 Å². The molecule has 25 rings (SSSR count). The maximum Gasteiger partial charge on any atom is 0.157 e. The highest BCUT2D eigenvalue weighted by atomic mass is 79.9. The van der Waals surface area contributed by atoms with E-state index in [-0.39, 0.29) is 17.2 Å². The molecule has 150 heavy (non-hydrogen) atoms. The molecular weight excluding hydrogens is 2290 g/mol. The van der Waals surface area contributed by atoms with Gasteiger partial charge in [-0.2, -0.15) is 128 Å². The lowest BCUT2D eigenvalue weighted by molar-refractivity contribution is 0.468. The molecule has 0 atom stereocenters. The summed E-state index contributed by atoms with van der Waals surface area (Å²) in [7, 11) is 0. The minimum absolute atomic E-state index is 0.158. The Morgan fingerprint density at radius 3 is 1.52 bits per heavy atom. The third-order valence-electron chi connectivity index (χ3n) is 23.0. The summed E-state index contributed by atoms with van der Waals surface area (Å²) in [5, 5.41) is 132. The van der Waals surface area contributed by atoms with Crippen LogP contribution in [0.3, 0.4) is 0 Å². The molecule has 0 spiro atoms. The molecular formula is C109H90Br6N30O5. The maximum atomic E-state index is 9.63. The van der Waals surface area contributed by atoms with Crippen molar-refractivity contribution in [3.8, 4) is 107 Å². The van der Waals surface area contributed by atoms with Crippen LogP contribution in [-0.4, -0.2) is 156 Å². The van der Waals surface area contributed by atoms with Gasteiger partial charge in [-0.15, -0.1) is 5.10 Å². The first-order chi connectivity index (χ1) is 73.5. The number of azo groups is 1. The number of aromatic nitrogens is 25. The van der Waals surface area contributed by atoms with Gasteiger partial charge in [0.2, 0.25) is 0 Å². The van der Waals surface area contributed by atoms with Gasteiger partial charge in [0, 0.05) is 92.3 Å². The molecule has 11 aromatic heterocycles. The Kier molecular flexibility index (Phi) is 36.7. The Morgan fingerprint density at radius 2 is 0.920 bits per heavy atom. The van der Waals surface area contributed by atoms with Crippen LogP contribution in [0, 0.1) is 6.92 Å². The average Bonchev–Trinajstić information content (AvgIpc) is 1.68. The summed E-state index contributed by atoms with van der Waals surface area (Å²) in [6, 6.07) is 91.4. The van der Waals surface area contributed by atoms with Crippen molar-refractivity contribution < 1.29 is 24.2 Å². The third-order valence-corrected chi connectivity index (χ3v) is 27.0. The van der Waals surface area contributed by atoms with Gasteiger partial charge in [0.25, 0.3) is 0 Å². The van der Waals surface area contributed by atoms with Crippen LogP contribution in [0.5, 0.6) is 17.2 Å². The molecule has 0 fully saturated rings. The zero-order valence-electron chi connectivity index (χ0n) is 79.5. The number of aryl methyl sites for hydroxylation is 5. The number of benzene rings is 12. The van der Waals surface area contributed by atoms with Crippen molar-refractivity contribution in [2.45, 2.75) is 52.2 Å². The topological polar surface area (TPSA) is 494 Å². The van der Waals surface area contributed by atoms with E-state index >= 15 is 0 Å². The molecule has 0 amide bonds. The minimum atomic E-state index is 0.158. The van der Waals surface area contributed by atoms with E-state index in [1.807, 2.05) is 104 Å². The van der Waals surface area contributed by atoms with Crippen LogP contribution in [0.2, 0.25) is 0 Å². The van der Waals surface area contributed by atoms with Gasteiger partial charge in [0.05, 0.1) is 105 Å². The molecule has 0 saturated carbocycles. The molecule has 0 aliphatic carbocycles. The lowest BCUT2D eigenvalue weighted by Gasteiger charge is -2.10. The fraction of sp³-hybridized carbons (Fsp3) is 0.0826. The number of fused-ring (bicyclic) bond motifs is 3. The standard InChI is InChI=1S/C20H17N3.C19H16N4.2C14H13N3O.C10H8N4.2C8H5Br2N3O.C8H7BrN4.C8H6BrN3O/c1-2-5-17-10-15(8-9-16(17)4-1)12-21-20-7-3-6-18(11-20)19-13-22-23-14-19;1-2-10-18-14(5-1)6-3-8-16(18)12-20-17-9-4-7-15(11-17)19-13-21-23-22-19;1-3-11(6-7-13-5-2-8-18-13)9-12(4-1)14-10-15-17-16-14;1-2-11(4-5-12-6-7-18-10-12)8-13(3-1)14-9-15-17-16-14;1-2-7-4-11-5-9(7)8(3-1)10-6-12-14-13-10;9-5-2-6(10)8(14)1-4(5)7-3-11-13-12-7;9-5-2-1-4(7(10)8(5)14)6-3-11-13-12-6;1-5-2-3-10-6(4-5)7-8(9)12-13-11-7;9-6-2-1-5(3-8(6)13)7-4-10-12-11-7/h1-11,13,21H,12,14H2;1-11,13,20H,12H2,(H,21,22,23);1-5,8-10H,6-7H2,(H,15,16,17);1-3,6-10H,4-5H2,(H,15,16,17);1-4,6H,5H2,(H,12,13,14);2*1-3,14H,(H,11,12,13);2-4H,1H3,(H,11,12,13);1-4,13H,(H,10,11,12). The van der Waals surface area contributed by atoms with Gasteiger partial charge < -0.3 is 34.8 Å². The van der Waals surface area contributed by atoms with Crippen LogP contribution in [0.25, 0.3) is 117 Å². The number of aromatic hydroxyl groups is 3. The number of nitrogens with one attached hydrogen (secondary N) is 10. The van der Waals surface area contributed by atoms with E-state index in [9.17, 15) is 15.3 Å². The highest BCUT2D eigenvalue weighted by Crippen LogP contribution is 2.41. The van der Waals surface area contributed by atoms with Crippen LogP contribution in [0.4, 0.5) is 11.4 Å². The van der Waals surface area contributed by atoms with Crippen molar-refractivity contribution in [1.29, 1.82) is 0 Å². The van der Waals surface area contributed by atoms with E-state index in [2.05, 4.69) is 407 Å². The monoisotopic (exact) mass is 2370 g/mol. The number of nitrogens with zero attached hydrogens (tertiary/aromatic N) is 20. The van der Waals surface area contributed by atoms with E-state index < -0.39 is 0 Å². The van der Waals surface area contributed by atoms with Crippen molar-refractivity contribution >= 4 is 140 Å². The number of aliphatic imine (C=N–C) groups is 1. The number of furan rings is 2. The molecule has 0 saturated heterocycles. The van der Waals surface area contributed by atoms with Crippen LogP contribution in [0.15, 0.2) is 399 Å². The Bertz CT molecular complexity index is 8160. The quantitative estimate of drug-likeness (QED) is 0.0318. The number of H-pyrrole nitrogens is 8. The van der Waals surface area contributed by atoms with Gasteiger partial charge >= 0.3 is 0 Å². The summed E-state index contributed by atoms with van der Waals surface area (Å²) in [5.41, 5.74) is 28.3. The molecule has 12 aromatic carbocycles. The first kappa shape index (κ1) is 104. The molecule has 13 N–H and O–H groups in total. The zero-order chi connectivity index (χ0) is 104. The summed E-state index contributed by atoms with van der Waals surface area (Å²) < 4.78 is 14.5. The number of anilines is 2. The number of hydrogen-bond acceptors (Lipinski definition) is 27. The summed E-state index contributed by atoms with van der Waals surface area (Å²) in [6.07, 6.45) is 26.2. The summed E-state index contributed by atoms with van der Waals surface area (Å²) in [4.78, 5) is 8.43. The van der Waals surface area contributed by atoms with Crippen molar-refractivity contribution in [2.75, 3.05) is 17.2 Å². The molecule has 748 valence electrons. The summed E-state index contributed by atoms with van der Waals surface area (Å²) in [6.45, 7) is 5.03. The summed E-state index contributed by atoms with van der Waals surface area (Å²) >= 11 is 19.6. The second-order valence-electron chi connectivity index (χ2n) is 33.1. The van der Waals surface area contributed by atoms with Crippen LogP contribution >= 0.6 is 95.6 Å². The lowest BCUT2D eigenvalue weighted by Crippen LogP contribution is -2.00. The number of rotatable bonds is 21. The number of pyridine rings is 1. The van der Waals surface area contributed by atoms with E-state index in [1.165, 1.54) is 71.6 Å².